The van der Waals surface area contributed by atoms with Gasteiger partial charge in [-0.2, -0.15) is 0 Å². The number of anilines is 2. The fourth-order valence-electron chi connectivity index (χ4n) is 3.83. The number of morpholine rings is 1. The quantitative estimate of drug-likeness (QED) is 0.491. The maximum absolute atomic E-state index is 13.3. The van der Waals surface area contributed by atoms with Gasteiger partial charge in [-0.3, -0.25) is 4.90 Å². The first kappa shape index (κ1) is 22.8. The van der Waals surface area contributed by atoms with E-state index in [0.29, 0.717) is 36.8 Å². The highest BCUT2D eigenvalue weighted by Crippen LogP contribution is 2.39. The van der Waals surface area contributed by atoms with Crippen molar-refractivity contribution in [1.82, 2.24) is 9.88 Å². The number of aromatic hydroxyl groups is 1. The molecule has 3 aromatic rings. The minimum absolute atomic E-state index is 0.0151. The number of furan rings is 1. The van der Waals surface area contributed by atoms with E-state index in [1.54, 1.807) is 24.6 Å². The molecule has 0 unspecified atom stereocenters. The van der Waals surface area contributed by atoms with Crippen molar-refractivity contribution in [1.29, 1.82) is 0 Å². The number of nitrogens with one attached hydrogen (secondary N) is 1. The van der Waals surface area contributed by atoms with Crippen LogP contribution in [0.2, 0.25) is 0 Å². The molecular formula is C25H23FN4O5. The molecule has 2 aliphatic heterocycles. The van der Waals surface area contributed by atoms with Crippen LogP contribution < -0.4 is 5.32 Å². The highest BCUT2D eigenvalue weighted by molar-refractivity contribution is 6.21. The van der Waals surface area contributed by atoms with Gasteiger partial charge in [0, 0.05) is 48.9 Å². The lowest BCUT2D eigenvalue weighted by atomic mass is 10.1. The number of hydrogen-bond donors (Lipinski definition) is 2. The van der Waals surface area contributed by atoms with Crippen molar-refractivity contribution in [3.8, 4) is 5.75 Å². The topological polar surface area (TPSA) is 109 Å². The summed E-state index contributed by atoms with van der Waals surface area (Å²) in [7, 11) is 0. The van der Waals surface area contributed by atoms with Crippen LogP contribution in [-0.2, 0) is 9.47 Å². The first-order chi connectivity index (χ1) is 17.1. The standard InChI is InChI=1S/C25H23FN4O5/c26-17-3-5-18(6-4-17)29-24-21(25(32)34-13-10-30-8-11-33-12-9-30)22(31)20(35-24)14-16-15-28-23-19(16)2-1-7-27-23/h1-7,14-15,29,31H,8-13H2. The molecule has 1 saturated heterocycles. The molecule has 0 bridgehead atoms. The number of hydrogen-bond acceptors (Lipinski definition) is 9. The highest BCUT2D eigenvalue weighted by atomic mass is 19.1. The van der Waals surface area contributed by atoms with Crippen LogP contribution in [0.4, 0.5) is 21.8 Å². The number of halogens is 1. The van der Waals surface area contributed by atoms with Crippen LogP contribution in [0, 0.1) is 5.82 Å². The molecule has 0 spiro atoms. The third-order valence-corrected chi connectivity index (χ3v) is 5.67. The SMILES string of the molecule is O=C(OCCN1CCOCC1)c1c(Nc2ccc(F)cc2)oc(C=C2C=Nc3ncccc32)c1O. The molecule has 10 heteroatoms. The van der Waals surface area contributed by atoms with Gasteiger partial charge in [-0.05, 0) is 42.5 Å². The molecule has 0 amide bonds. The number of aromatic nitrogens is 1. The molecule has 180 valence electrons. The number of nitrogens with zero attached hydrogens (tertiary/aromatic N) is 3. The Morgan fingerprint density at radius 3 is 2.83 bits per heavy atom. The van der Waals surface area contributed by atoms with E-state index in [1.807, 2.05) is 6.07 Å². The average Bonchev–Trinajstić information content (AvgIpc) is 3.42. The normalized spacial score (nSPS) is 16.4. The third kappa shape index (κ3) is 5.08. The molecule has 0 atom stereocenters. The Morgan fingerprint density at radius 2 is 2.03 bits per heavy atom. The number of ether oxygens (including phenoxy) is 2. The number of pyridine rings is 1. The van der Waals surface area contributed by atoms with Crippen LogP contribution >= 0.6 is 0 Å². The van der Waals surface area contributed by atoms with Crippen molar-refractivity contribution in [3.05, 3.63) is 65.3 Å². The maximum Gasteiger partial charge on any atom is 0.347 e. The smallest absolute Gasteiger partial charge is 0.347 e. The molecule has 0 radical (unpaired) electrons. The van der Waals surface area contributed by atoms with Gasteiger partial charge < -0.3 is 24.3 Å². The van der Waals surface area contributed by atoms with Crippen molar-refractivity contribution in [2.75, 3.05) is 44.8 Å². The Morgan fingerprint density at radius 1 is 1.23 bits per heavy atom. The van der Waals surface area contributed by atoms with E-state index in [4.69, 9.17) is 13.9 Å². The summed E-state index contributed by atoms with van der Waals surface area (Å²) < 4.78 is 29.9. The molecule has 2 aromatic heterocycles. The molecule has 5 rings (SSSR count). The zero-order valence-electron chi connectivity index (χ0n) is 18.7. The number of fused-ring (bicyclic) bond motifs is 1. The summed E-state index contributed by atoms with van der Waals surface area (Å²) in [4.78, 5) is 23.6. The molecule has 1 fully saturated rings. The summed E-state index contributed by atoms with van der Waals surface area (Å²) in [5, 5.41) is 13.9. The van der Waals surface area contributed by atoms with Gasteiger partial charge in [-0.1, -0.05) is 0 Å². The van der Waals surface area contributed by atoms with Crippen LogP contribution in [-0.4, -0.2) is 66.6 Å². The van der Waals surface area contributed by atoms with Crippen LogP contribution in [0.25, 0.3) is 11.6 Å². The van der Waals surface area contributed by atoms with Crippen LogP contribution in [0.15, 0.2) is 52.0 Å². The van der Waals surface area contributed by atoms with Crippen LogP contribution in [0.3, 0.4) is 0 Å². The van der Waals surface area contributed by atoms with E-state index in [-0.39, 0.29) is 29.6 Å². The number of benzene rings is 1. The molecule has 2 aliphatic rings. The molecular weight excluding hydrogens is 455 g/mol. The first-order valence-electron chi connectivity index (χ1n) is 11.2. The minimum Gasteiger partial charge on any atom is -0.504 e. The number of allylic oxidation sites excluding steroid dienone is 1. The highest BCUT2D eigenvalue weighted by Gasteiger charge is 2.28. The monoisotopic (exact) mass is 478 g/mol. The lowest BCUT2D eigenvalue weighted by Crippen LogP contribution is -2.38. The van der Waals surface area contributed by atoms with Crippen molar-refractivity contribution >= 4 is 41.2 Å². The van der Waals surface area contributed by atoms with E-state index in [0.717, 1.165) is 18.7 Å². The lowest BCUT2D eigenvalue weighted by Gasteiger charge is -2.26. The second-order valence-electron chi connectivity index (χ2n) is 7.97. The molecule has 0 aliphatic carbocycles. The fourth-order valence-corrected chi connectivity index (χ4v) is 3.83. The molecule has 4 heterocycles. The van der Waals surface area contributed by atoms with Gasteiger partial charge in [0.1, 0.15) is 12.4 Å². The Labute approximate surface area is 200 Å². The average molecular weight is 478 g/mol. The maximum atomic E-state index is 13.3. The predicted octanol–water partition coefficient (Wildman–Crippen LogP) is 4.01. The lowest BCUT2D eigenvalue weighted by molar-refractivity contribution is 0.0195. The summed E-state index contributed by atoms with van der Waals surface area (Å²) in [6, 6.07) is 9.15. The van der Waals surface area contributed by atoms with E-state index in [9.17, 15) is 14.3 Å². The van der Waals surface area contributed by atoms with Gasteiger partial charge >= 0.3 is 5.97 Å². The van der Waals surface area contributed by atoms with Gasteiger partial charge in [-0.25, -0.2) is 19.2 Å². The van der Waals surface area contributed by atoms with E-state index < -0.39 is 11.8 Å². The summed E-state index contributed by atoms with van der Waals surface area (Å²) in [5.41, 5.74) is 1.76. The summed E-state index contributed by atoms with van der Waals surface area (Å²) in [6.07, 6.45) is 4.82. The number of carbonyl (C=O) groups is 1. The van der Waals surface area contributed by atoms with Gasteiger partial charge in [0.25, 0.3) is 0 Å². The Hall–Kier alpha value is -4.02. The molecule has 35 heavy (non-hydrogen) atoms. The van der Waals surface area contributed by atoms with Gasteiger partial charge in [-0.15, -0.1) is 0 Å². The fraction of sp³-hybridized carbons (Fsp3) is 0.240. The van der Waals surface area contributed by atoms with Crippen molar-refractivity contribution in [2.24, 2.45) is 4.99 Å². The first-order valence-corrected chi connectivity index (χ1v) is 11.2. The minimum atomic E-state index is -0.740. The second kappa shape index (κ2) is 10.1. The van der Waals surface area contributed by atoms with E-state index >= 15 is 0 Å². The molecule has 0 saturated carbocycles. The van der Waals surface area contributed by atoms with Crippen LogP contribution in [0.5, 0.6) is 5.75 Å². The number of carbonyl (C=O) groups excluding carboxylic acids is 1. The largest absolute Gasteiger partial charge is 0.504 e. The van der Waals surface area contributed by atoms with Crippen molar-refractivity contribution in [2.45, 2.75) is 0 Å². The zero-order valence-corrected chi connectivity index (χ0v) is 18.7. The summed E-state index contributed by atoms with van der Waals surface area (Å²) in [6.45, 7) is 3.50. The molecule has 2 N–H and O–H groups in total. The Balaban J connectivity index is 1.41. The Kier molecular flexibility index (Phi) is 6.55. The predicted molar refractivity (Wildman–Crippen MR) is 128 cm³/mol. The van der Waals surface area contributed by atoms with Crippen molar-refractivity contribution in [3.63, 3.8) is 0 Å². The van der Waals surface area contributed by atoms with E-state index in [2.05, 4.69) is 20.2 Å². The molecule has 1 aromatic carbocycles. The van der Waals surface area contributed by atoms with Gasteiger partial charge in [0.15, 0.2) is 22.9 Å². The summed E-state index contributed by atoms with van der Waals surface area (Å²) in [5.74, 6) is -0.928. The van der Waals surface area contributed by atoms with Crippen LogP contribution in [0.1, 0.15) is 21.7 Å². The second-order valence-corrected chi connectivity index (χ2v) is 7.97. The van der Waals surface area contributed by atoms with Crippen molar-refractivity contribution < 1.29 is 28.2 Å². The third-order valence-electron chi connectivity index (χ3n) is 5.67. The molecule has 9 nitrogen and oxygen atoms in total. The van der Waals surface area contributed by atoms with Gasteiger partial charge in [0.2, 0.25) is 5.88 Å². The zero-order chi connectivity index (χ0) is 24.2. The number of rotatable bonds is 7. The number of aliphatic imine (C=N–C) groups is 1. The van der Waals surface area contributed by atoms with E-state index in [1.165, 1.54) is 24.3 Å². The van der Waals surface area contributed by atoms with Gasteiger partial charge in [0.05, 0.1) is 13.2 Å². The Bertz CT molecular complexity index is 1280. The summed E-state index contributed by atoms with van der Waals surface area (Å²) >= 11 is 0. The number of esters is 1.